The molecule has 0 fully saturated rings. The van der Waals surface area contributed by atoms with Crippen LogP contribution >= 0.6 is 0 Å². The molecule has 1 aromatic rings. The third kappa shape index (κ3) is 3.63. The zero-order valence-corrected chi connectivity index (χ0v) is 9.26. The van der Waals surface area contributed by atoms with Crippen molar-refractivity contribution in [2.24, 2.45) is 0 Å². The SMILES string of the molecule is C#CCCCNC(C)c1ccc(F)c(F)c1. The number of unbranched alkanes of at least 4 members (excludes halogenated alkanes) is 1. The Kier molecular flexibility index (Phi) is 4.94. The van der Waals surface area contributed by atoms with Crippen LogP contribution < -0.4 is 5.32 Å². The van der Waals surface area contributed by atoms with E-state index in [-0.39, 0.29) is 6.04 Å². The topological polar surface area (TPSA) is 12.0 Å². The molecular weight excluding hydrogens is 208 g/mol. The minimum Gasteiger partial charge on any atom is -0.310 e. The number of halogens is 2. The Hall–Kier alpha value is -1.40. The second-order valence-corrected chi connectivity index (χ2v) is 3.66. The van der Waals surface area contributed by atoms with E-state index >= 15 is 0 Å². The molecule has 0 aliphatic heterocycles. The van der Waals surface area contributed by atoms with Crippen LogP contribution in [0.2, 0.25) is 0 Å². The predicted octanol–water partition coefficient (Wildman–Crippen LogP) is 3.03. The number of terminal acetylenes is 1. The molecule has 1 unspecified atom stereocenters. The van der Waals surface area contributed by atoms with E-state index < -0.39 is 11.6 Å². The summed E-state index contributed by atoms with van der Waals surface area (Å²) in [6, 6.07) is 3.93. The smallest absolute Gasteiger partial charge is 0.159 e. The monoisotopic (exact) mass is 223 g/mol. The van der Waals surface area contributed by atoms with Crippen LogP contribution in [0, 0.1) is 24.0 Å². The summed E-state index contributed by atoms with van der Waals surface area (Å²) in [4.78, 5) is 0. The maximum atomic E-state index is 13.0. The summed E-state index contributed by atoms with van der Waals surface area (Å²) in [5.74, 6) is 0.921. The molecule has 0 amide bonds. The van der Waals surface area contributed by atoms with Gasteiger partial charge in [-0.2, -0.15) is 0 Å². The molecule has 1 aromatic carbocycles. The molecule has 0 radical (unpaired) electrons. The van der Waals surface area contributed by atoms with Crippen LogP contribution in [0.25, 0.3) is 0 Å². The van der Waals surface area contributed by atoms with Crippen LogP contribution in [0.4, 0.5) is 8.78 Å². The van der Waals surface area contributed by atoms with Crippen LogP contribution in [0.1, 0.15) is 31.4 Å². The van der Waals surface area contributed by atoms with Gasteiger partial charge in [0.05, 0.1) is 0 Å². The van der Waals surface area contributed by atoms with Gasteiger partial charge in [-0.3, -0.25) is 0 Å². The average Bonchev–Trinajstić information content (AvgIpc) is 2.28. The second-order valence-electron chi connectivity index (χ2n) is 3.66. The highest BCUT2D eigenvalue weighted by molar-refractivity contribution is 5.20. The number of nitrogens with one attached hydrogen (secondary N) is 1. The summed E-state index contributed by atoms with van der Waals surface area (Å²) in [6.45, 7) is 2.67. The fourth-order valence-corrected chi connectivity index (χ4v) is 1.41. The number of benzene rings is 1. The predicted molar refractivity (Wildman–Crippen MR) is 60.8 cm³/mol. The van der Waals surface area contributed by atoms with Crippen molar-refractivity contribution in [1.82, 2.24) is 5.32 Å². The lowest BCUT2D eigenvalue weighted by molar-refractivity contribution is 0.500. The van der Waals surface area contributed by atoms with Crippen molar-refractivity contribution in [3.8, 4) is 12.3 Å². The van der Waals surface area contributed by atoms with Gasteiger partial charge in [0.25, 0.3) is 0 Å². The molecule has 16 heavy (non-hydrogen) atoms. The summed E-state index contributed by atoms with van der Waals surface area (Å²) in [5.41, 5.74) is 0.736. The third-order valence-corrected chi connectivity index (χ3v) is 2.39. The van der Waals surface area contributed by atoms with E-state index in [0.29, 0.717) is 0 Å². The summed E-state index contributed by atoms with van der Waals surface area (Å²) < 4.78 is 25.7. The van der Waals surface area contributed by atoms with Crippen LogP contribution in [0.3, 0.4) is 0 Å². The number of hydrogen-bond donors (Lipinski definition) is 1. The lowest BCUT2D eigenvalue weighted by Crippen LogP contribution is -2.19. The zero-order chi connectivity index (χ0) is 12.0. The van der Waals surface area contributed by atoms with E-state index in [0.717, 1.165) is 31.0 Å². The first-order valence-electron chi connectivity index (χ1n) is 5.27. The van der Waals surface area contributed by atoms with Gasteiger partial charge in [0.2, 0.25) is 0 Å². The molecule has 0 heterocycles. The van der Waals surface area contributed by atoms with Crippen LogP contribution in [0.5, 0.6) is 0 Å². The molecule has 0 aliphatic rings. The second kappa shape index (κ2) is 6.24. The van der Waals surface area contributed by atoms with Crippen molar-refractivity contribution in [3.05, 3.63) is 35.4 Å². The quantitative estimate of drug-likeness (QED) is 0.597. The molecule has 0 saturated heterocycles. The zero-order valence-electron chi connectivity index (χ0n) is 9.26. The van der Waals surface area contributed by atoms with Crippen LogP contribution in [-0.4, -0.2) is 6.54 Å². The van der Waals surface area contributed by atoms with E-state index in [9.17, 15) is 8.78 Å². The Morgan fingerprint density at radius 2 is 2.12 bits per heavy atom. The standard InChI is InChI=1S/C13H15F2N/c1-3-4-5-8-16-10(2)11-6-7-12(14)13(15)9-11/h1,6-7,9-10,16H,4-5,8H2,2H3. The van der Waals surface area contributed by atoms with Gasteiger partial charge in [-0.05, 0) is 37.6 Å². The maximum Gasteiger partial charge on any atom is 0.159 e. The van der Waals surface area contributed by atoms with Crippen molar-refractivity contribution < 1.29 is 8.78 Å². The molecule has 0 aliphatic carbocycles. The first-order valence-corrected chi connectivity index (χ1v) is 5.27. The Labute approximate surface area is 94.9 Å². The molecule has 0 bridgehead atoms. The molecule has 0 saturated carbocycles. The molecule has 0 aromatic heterocycles. The van der Waals surface area contributed by atoms with Crippen molar-refractivity contribution in [2.45, 2.75) is 25.8 Å². The minimum atomic E-state index is -0.816. The van der Waals surface area contributed by atoms with Gasteiger partial charge in [-0.1, -0.05) is 6.07 Å². The van der Waals surface area contributed by atoms with Crippen molar-refractivity contribution in [1.29, 1.82) is 0 Å². The summed E-state index contributed by atoms with van der Waals surface area (Å²) >= 11 is 0. The van der Waals surface area contributed by atoms with Crippen molar-refractivity contribution >= 4 is 0 Å². The first kappa shape index (κ1) is 12.7. The molecule has 1 atom stereocenters. The summed E-state index contributed by atoms with van der Waals surface area (Å²) in [5, 5.41) is 3.20. The third-order valence-electron chi connectivity index (χ3n) is 2.39. The first-order chi connectivity index (χ1) is 7.65. The molecule has 3 heteroatoms. The van der Waals surface area contributed by atoms with E-state index in [1.807, 2.05) is 6.92 Å². The molecule has 0 spiro atoms. The Morgan fingerprint density at radius 1 is 1.38 bits per heavy atom. The van der Waals surface area contributed by atoms with Crippen molar-refractivity contribution in [2.75, 3.05) is 6.54 Å². The molecule has 86 valence electrons. The van der Waals surface area contributed by atoms with Gasteiger partial charge >= 0.3 is 0 Å². The van der Waals surface area contributed by atoms with Crippen LogP contribution in [-0.2, 0) is 0 Å². The molecule has 1 rings (SSSR count). The number of hydrogen-bond acceptors (Lipinski definition) is 1. The summed E-state index contributed by atoms with van der Waals surface area (Å²) in [7, 11) is 0. The van der Waals surface area contributed by atoms with E-state index in [1.165, 1.54) is 6.07 Å². The van der Waals surface area contributed by atoms with Gasteiger partial charge in [0, 0.05) is 12.5 Å². The van der Waals surface area contributed by atoms with Gasteiger partial charge < -0.3 is 5.32 Å². The van der Waals surface area contributed by atoms with Crippen LogP contribution in [0.15, 0.2) is 18.2 Å². The highest BCUT2D eigenvalue weighted by atomic mass is 19.2. The normalized spacial score (nSPS) is 12.1. The summed E-state index contributed by atoms with van der Waals surface area (Å²) in [6.07, 6.45) is 6.72. The lowest BCUT2D eigenvalue weighted by Gasteiger charge is -2.13. The Bertz CT molecular complexity index is 382. The number of rotatable bonds is 5. The highest BCUT2D eigenvalue weighted by Crippen LogP contribution is 2.15. The van der Waals surface area contributed by atoms with Crippen molar-refractivity contribution in [3.63, 3.8) is 0 Å². The lowest BCUT2D eigenvalue weighted by atomic mass is 10.1. The average molecular weight is 223 g/mol. The molecule has 1 nitrogen and oxygen atoms in total. The fraction of sp³-hybridized carbons (Fsp3) is 0.385. The van der Waals surface area contributed by atoms with Gasteiger partial charge in [-0.15, -0.1) is 12.3 Å². The Balaban J connectivity index is 2.50. The van der Waals surface area contributed by atoms with Gasteiger partial charge in [0.15, 0.2) is 11.6 Å². The van der Waals surface area contributed by atoms with E-state index in [2.05, 4.69) is 11.2 Å². The van der Waals surface area contributed by atoms with E-state index in [4.69, 9.17) is 6.42 Å². The van der Waals surface area contributed by atoms with E-state index in [1.54, 1.807) is 6.07 Å². The largest absolute Gasteiger partial charge is 0.310 e. The Morgan fingerprint density at radius 3 is 2.75 bits per heavy atom. The molecular formula is C13H15F2N. The highest BCUT2D eigenvalue weighted by Gasteiger charge is 2.08. The van der Waals surface area contributed by atoms with Gasteiger partial charge in [0.1, 0.15) is 0 Å². The van der Waals surface area contributed by atoms with Gasteiger partial charge in [-0.25, -0.2) is 8.78 Å². The fourth-order valence-electron chi connectivity index (χ4n) is 1.41. The minimum absolute atomic E-state index is 0.00660. The molecule has 1 N–H and O–H groups in total. The maximum absolute atomic E-state index is 13.0.